The molecule has 1 unspecified atom stereocenters. The van der Waals surface area contributed by atoms with Crippen LogP contribution in [0.1, 0.15) is 12.0 Å². The van der Waals surface area contributed by atoms with Gasteiger partial charge in [-0.3, -0.25) is 4.79 Å². The van der Waals surface area contributed by atoms with E-state index in [1.165, 1.54) is 13.2 Å². The van der Waals surface area contributed by atoms with E-state index in [4.69, 9.17) is 0 Å². The van der Waals surface area contributed by atoms with E-state index in [2.05, 4.69) is 10.1 Å². The fourth-order valence-corrected chi connectivity index (χ4v) is 1.38. The maximum absolute atomic E-state index is 12.9. The van der Waals surface area contributed by atoms with E-state index >= 15 is 0 Å². The Morgan fingerprint density at radius 1 is 1.44 bits per heavy atom. The third-order valence-corrected chi connectivity index (χ3v) is 2.32. The Balaban J connectivity index is 2.32. The largest absolute Gasteiger partial charge is 0.469 e. The molecule has 0 aliphatic heterocycles. The van der Waals surface area contributed by atoms with E-state index < -0.39 is 23.7 Å². The average molecular weight is 259 g/mol. The molecule has 1 aromatic carbocycles. The fourth-order valence-electron chi connectivity index (χ4n) is 1.38. The van der Waals surface area contributed by atoms with Crippen LogP contribution in [0, 0.1) is 11.6 Å². The van der Waals surface area contributed by atoms with Crippen molar-refractivity contribution in [1.82, 2.24) is 5.32 Å². The van der Waals surface area contributed by atoms with Crippen LogP contribution < -0.4 is 5.32 Å². The normalized spacial score (nSPS) is 12.2. The van der Waals surface area contributed by atoms with Gasteiger partial charge in [0.2, 0.25) is 0 Å². The van der Waals surface area contributed by atoms with E-state index in [9.17, 15) is 18.7 Å². The highest BCUT2D eigenvalue weighted by atomic mass is 19.2. The van der Waals surface area contributed by atoms with Gasteiger partial charge in [0.15, 0.2) is 11.6 Å². The molecule has 0 heterocycles. The van der Waals surface area contributed by atoms with Crippen LogP contribution in [0.5, 0.6) is 0 Å². The average Bonchev–Trinajstić information content (AvgIpc) is 2.33. The zero-order valence-electron chi connectivity index (χ0n) is 9.95. The van der Waals surface area contributed by atoms with Crippen LogP contribution in [-0.4, -0.2) is 30.8 Å². The summed E-state index contributed by atoms with van der Waals surface area (Å²) in [6, 6.07) is 3.56. The smallest absolute Gasteiger partial charge is 0.308 e. The summed E-state index contributed by atoms with van der Waals surface area (Å²) in [6.45, 7) is 0.434. The molecule has 100 valence electrons. The highest BCUT2D eigenvalue weighted by Crippen LogP contribution is 2.08. The summed E-state index contributed by atoms with van der Waals surface area (Å²) in [5.41, 5.74) is 0.555. The molecule has 1 aromatic rings. The molecule has 0 aliphatic carbocycles. The second kappa shape index (κ2) is 7.03. The number of hydrogen-bond acceptors (Lipinski definition) is 4. The number of hydrogen-bond donors (Lipinski definition) is 2. The number of aliphatic hydroxyl groups is 1. The Bertz CT molecular complexity index is 412. The molecular weight excluding hydrogens is 244 g/mol. The topological polar surface area (TPSA) is 58.6 Å². The molecule has 1 rings (SSSR count). The number of rotatable bonds is 6. The first-order chi connectivity index (χ1) is 8.52. The summed E-state index contributed by atoms with van der Waals surface area (Å²) in [5.74, 6) is -2.31. The lowest BCUT2D eigenvalue weighted by atomic mass is 10.2. The Morgan fingerprint density at radius 3 is 2.78 bits per heavy atom. The number of ether oxygens (including phenoxy) is 1. The van der Waals surface area contributed by atoms with Crippen molar-refractivity contribution in [3.05, 3.63) is 35.4 Å². The van der Waals surface area contributed by atoms with Gasteiger partial charge in [0.25, 0.3) is 0 Å². The second-order valence-electron chi connectivity index (χ2n) is 3.81. The minimum absolute atomic E-state index is 0.110. The van der Waals surface area contributed by atoms with E-state index in [0.717, 1.165) is 12.1 Å². The number of benzene rings is 1. The molecule has 0 saturated heterocycles. The van der Waals surface area contributed by atoms with E-state index in [1.807, 2.05) is 0 Å². The van der Waals surface area contributed by atoms with Gasteiger partial charge in [-0.2, -0.15) is 0 Å². The van der Waals surface area contributed by atoms with Crippen LogP contribution >= 0.6 is 0 Å². The molecule has 4 nitrogen and oxygen atoms in total. The molecular formula is C12H15F2NO3. The lowest BCUT2D eigenvalue weighted by molar-refractivity contribution is -0.142. The molecule has 0 bridgehead atoms. The first-order valence-corrected chi connectivity index (χ1v) is 5.42. The van der Waals surface area contributed by atoms with E-state index in [-0.39, 0.29) is 19.5 Å². The van der Waals surface area contributed by atoms with Gasteiger partial charge in [0.05, 0.1) is 19.6 Å². The van der Waals surface area contributed by atoms with Crippen molar-refractivity contribution >= 4 is 5.97 Å². The Labute approximate surface area is 104 Å². The van der Waals surface area contributed by atoms with E-state index in [0.29, 0.717) is 5.56 Å². The summed E-state index contributed by atoms with van der Waals surface area (Å²) in [7, 11) is 1.24. The van der Waals surface area contributed by atoms with Gasteiger partial charge in [-0.25, -0.2) is 8.78 Å². The third kappa shape index (κ3) is 4.77. The van der Waals surface area contributed by atoms with Gasteiger partial charge in [-0.05, 0) is 17.7 Å². The summed E-state index contributed by atoms with van der Waals surface area (Å²) in [5, 5.41) is 12.3. The standard InChI is InChI=1S/C12H15F2NO3/c1-18-12(17)5-9(16)7-15-6-8-2-3-10(13)11(14)4-8/h2-4,9,15-16H,5-7H2,1H3. The molecule has 6 heteroatoms. The molecule has 0 spiro atoms. The quantitative estimate of drug-likeness (QED) is 0.748. The van der Waals surface area contributed by atoms with Crippen LogP contribution in [0.25, 0.3) is 0 Å². The zero-order valence-corrected chi connectivity index (χ0v) is 9.95. The minimum Gasteiger partial charge on any atom is -0.469 e. The predicted molar refractivity (Wildman–Crippen MR) is 60.7 cm³/mol. The SMILES string of the molecule is COC(=O)CC(O)CNCc1ccc(F)c(F)c1. The molecule has 1 atom stereocenters. The van der Waals surface area contributed by atoms with Crippen molar-refractivity contribution in [1.29, 1.82) is 0 Å². The monoisotopic (exact) mass is 259 g/mol. The number of methoxy groups -OCH3 is 1. The van der Waals surface area contributed by atoms with Gasteiger partial charge in [-0.1, -0.05) is 6.07 Å². The van der Waals surface area contributed by atoms with Crippen molar-refractivity contribution in [2.75, 3.05) is 13.7 Å². The third-order valence-electron chi connectivity index (χ3n) is 2.32. The number of carbonyl (C=O) groups is 1. The number of aliphatic hydroxyl groups excluding tert-OH is 1. The Kier molecular flexibility index (Phi) is 5.67. The maximum Gasteiger partial charge on any atom is 0.308 e. The van der Waals surface area contributed by atoms with Crippen LogP contribution in [0.3, 0.4) is 0 Å². The molecule has 0 aliphatic rings. The Morgan fingerprint density at radius 2 is 2.17 bits per heavy atom. The number of carbonyl (C=O) groups excluding carboxylic acids is 1. The maximum atomic E-state index is 12.9. The number of esters is 1. The van der Waals surface area contributed by atoms with Crippen molar-refractivity contribution in [3.8, 4) is 0 Å². The Hall–Kier alpha value is -1.53. The van der Waals surface area contributed by atoms with Crippen molar-refractivity contribution in [3.63, 3.8) is 0 Å². The van der Waals surface area contributed by atoms with Crippen molar-refractivity contribution in [2.45, 2.75) is 19.1 Å². The first kappa shape index (κ1) is 14.5. The van der Waals surface area contributed by atoms with Crippen molar-refractivity contribution < 1.29 is 23.4 Å². The van der Waals surface area contributed by atoms with Crippen LogP contribution in [-0.2, 0) is 16.1 Å². The molecule has 0 aromatic heterocycles. The zero-order chi connectivity index (χ0) is 13.5. The van der Waals surface area contributed by atoms with Gasteiger partial charge in [-0.15, -0.1) is 0 Å². The summed E-state index contributed by atoms with van der Waals surface area (Å²) in [4.78, 5) is 10.8. The lowest BCUT2D eigenvalue weighted by Crippen LogP contribution is -2.28. The van der Waals surface area contributed by atoms with Gasteiger partial charge < -0.3 is 15.2 Å². The molecule has 0 amide bonds. The van der Waals surface area contributed by atoms with Crippen LogP contribution in [0.15, 0.2) is 18.2 Å². The van der Waals surface area contributed by atoms with E-state index in [1.54, 1.807) is 0 Å². The molecule has 0 radical (unpaired) electrons. The predicted octanol–water partition coefficient (Wildman–Crippen LogP) is 0.978. The second-order valence-corrected chi connectivity index (χ2v) is 3.81. The molecule has 2 N–H and O–H groups in total. The minimum atomic E-state index is -0.913. The highest BCUT2D eigenvalue weighted by molar-refractivity contribution is 5.69. The van der Waals surface area contributed by atoms with Crippen LogP contribution in [0.4, 0.5) is 8.78 Å². The summed E-state index contributed by atoms with van der Waals surface area (Å²) >= 11 is 0. The van der Waals surface area contributed by atoms with Gasteiger partial charge in [0.1, 0.15) is 0 Å². The van der Waals surface area contributed by atoms with Crippen molar-refractivity contribution in [2.24, 2.45) is 0 Å². The fraction of sp³-hybridized carbons (Fsp3) is 0.417. The lowest BCUT2D eigenvalue weighted by Gasteiger charge is -2.10. The van der Waals surface area contributed by atoms with Crippen LogP contribution in [0.2, 0.25) is 0 Å². The van der Waals surface area contributed by atoms with Gasteiger partial charge in [0, 0.05) is 13.1 Å². The first-order valence-electron chi connectivity index (χ1n) is 5.42. The van der Waals surface area contributed by atoms with Gasteiger partial charge >= 0.3 is 5.97 Å². The number of nitrogens with one attached hydrogen (secondary N) is 1. The summed E-state index contributed by atoms with van der Waals surface area (Å²) in [6.07, 6.45) is -0.982. The molecule has 18 heavy (non-hydrogen) atoms. The molecule has 0 saturated carbocycles. The number of halogens is 2. The molecule has 0 fully saturated rings. The summed E-state index contributed by atoms with van der Waals surface area (Å²) < 4.78 is 29.9. The highest BCUT2D eigenvalue weighted by Gasteiger charge is 2.10.